The van der Waals surface area contributed by atoms with Gasteiger partial charge in [0.15, 0.2) is 5.17 Å². The fourth-order valence-electron chi connectivity index (χ4n) is 4.77. The number of nitrogens with zero attached hydrogens (tertiary/aromatic N) is 2. The first-order valence-corrected chi connectivity index (χ1v) is 13.2. The second-order valence-electron chi connectivity index (χ2n) is 9.11. The van der Waals surface area contributed by atoms with E-state index in [4.69, 9.17) is 14.5 Å². The van der Waals surface area contributed by atoms with E-state index in [2.05, 4.69) is 10.6 Å². The Kier molecular flexibility index (Phi) is 7.62. The summed E-state index contributed by atoms with van der Waals surface area (Å²) in [4.78, 5) is 33.3. The number of allylic oxidation sites excluding steroid dienone is 1. The number of methoxy groups -OCH3 is 1. The third-order valence-electron chi connectivity index (χ3n) is 6.58. The molecule has 0 aliphatic carbocycles. The average molecular weight is 519 g/mol. The van der Waals surface area contributed by atoms with Crippen molar-refractivity contribution in [2.75, 3.05) is 25.6 Å². The largest absolute Gasteiger partial charge is 0.497 e. The Bertz CT molecular complexity index is 1270. The van der Waals surface area contributed by atoms with Gasteiger partial charge < -0.3 is 25.0 Å². The van der Waals surface area contributed by atoms with Crippen LogP contribution in [0.5, 0.6) is 5.75 Å². The van der Waals surface area contributed by atoms with Crippen LogP contribution in [0.3, 0.4) is 0 Å². The highest BCUT2D eigenvalue weighted by Gasteiger charge is 2.40. The summed E-state index contributed by atoms with van der Waals surface area (Å²) in [6.45, 7) is 3.10. The quantitative estimate of drug-likeness (QED) is 0.531. The van der Waals surface area contributed by atoms with Crippen LogP contribution in [0.15, 0.2) is 82.0 Å². The Morgan fingerprint density at radius 2 is 2.03 bits per heavy atom. The Labute approximate surface area is 220 Å². The molecule has 9 heteroatoms. The summed E-state index contributed by atoms with van der Waals surface area (Å²) in [6.07, 6.45) is 2.24. The van der Waals surface area contributed by atoms with Crippen molar-refractivity contribution in [3.63, 3.8) is 0 Å². The van der Waals surface area contributed by atoms with Gasteiger partial charge in [0.25, 0.3) is 5.91 Å². The van der Waals surface area contributed by atoms with Crippen molar-refractivity contribution in [3.05, 3.63) is 82.5 Å². The van der Waals surface area contributed by atoms with Crippen molar-refractivity contribution < 1.29 is 19.1 Å². The van der Waals surface area contributed by atoms with Gasteiger partial charge in [0, 0.05) is 24.5 Å². The normalized spacial score (nSPS) is 20.8. The van der Waals surface area contributed by atoms with Gasteiger partial charge in [-0.15, -0.1) is 0 Å². The molecule has 8 nitrogen and oxygen atoms in total. The second kappa shape index (κ2) is 11.2. The number of nitrogens with one attached hydrogen (secondary N) is 2. The van der Waals surface area contributed by atoms with Gasteiger partial charge in [0.2, 0.25) is 5.91 Å². The Morgan fingerprint density at radius 3 is 2.78 bits per heavy atom. The molecule has 0 unspecified atom stereocenters. The summed E-state index contributed by atoms with van der Waals surface area (Å²) in [7, 11) is 1.62. The molecule has 0 saturated carbocycles. The van der Waals surface area contributed by atoms with E-state index in [-0.39, 0.29) is 24.3 Å². The van der Waals surface area contributed by atoms with Crippen molar-refractivity contribution in [2.24, 2.45) is 4.99 Å². The Morgan fingerprint density at radius 1 is 1.19 bits per heavy atom. The third kappa shape index (κ3) is 5.57. The van der Waals surface area contributed by atoms with E-state index in [1.54, 1.807) is 7.11 Å². The van der Waals surface area contributed by atoms with Gasteiger partial charge in [-0.1, -0.05) is 42.1 Å². The van der Waals surface area contributed by atoms with Gasteiger partial charge in [-0.25, -0.2) is 4.99 Å². The van der Waals surface area contributed by atoms with Crippen molar-refractivity contribution in [3.8, 4) is 5.75 Å². The number of hydrogen-bond acceptors (Lipinski definition) is 7. The number of rotatable bonds is 8. The molecule has 2 N–H and O–H groups in total. The molecule has 1 fully saturated rings. The summed E-state index contributed by atoms with van der Waals surface area (Å²) in [5.41, 5.74) is 3.52. The number of para-hydroxylation sites is 1. The molecule has 2 atom stereocenters. The molecule has 0 spiro atoms. The van der Waals surface area contributed by atoms with Crippen molar-refractivity contribution in [1.29, 1.82) is 0 Å². The van der Waals surface area contributed by atoms with Gasteiger partial charge in [0.1, 0.15) is 5.75 Å². The number of aliphatic imine (C=N–C) groups is 1. The maximum absolute atomic E-state index is 13.7. The molecule has 192 valence electrons. The zero-order chi connectivity index (χ0) is 25.8. The molecule has 2 amide bonds. The molecule has 37 heavy (non-hydrogen) atoms. The number of fused-ring (bicyclic) bond motifs is 1. The van der Waals surface area contributed by atoms with E-state index in [0.29, 0.717) is 29.3 Å². The minimum Gasteiger partial charge on any atom is -0.497 e. The number of thioether (sulfide) groups is 1. The first-order chi connectivity index (χ1) is 18.0. The molecular weight excluding hydrogens is 488 g/mol. The van der Waals surface area contributed by atoms with Crippen LogP contribution in [0.1, 0.15) is 37.8 Å². The summed E-state index contributed by atoms with van der Waals surface area (Å²) in [5, 5.41) is 8.70. The lowest BCUT2D eigenvalue weighted by Gasteiger charge is -2.36. The predicted molar refractivity (Wildman–Crippen MR) is 145 cm³/mol. The minimum absolute atomic E-state index is 0.0754. The van der Waals surface area contributed by atoms with Crippen LogP contribution in [0.4, 0.5) is 5.69 Å². The molecule has 3 aliphatic heterocycles. The Hall–Kier alpha value is -3.56. The summed E-state index contributed by atoms with van der Waals surface area (Å²) in [6, 6.07) is 16.5. The zero-order valence-corrected chi connectivity index (χ0v) is 21.7. The first kappa shape index (κ1) is 25.1. The molecule has 0 aromatic heterocycles. The van der Waals surface area contributed by atoms with Crippen LogP contribution in [-0.2, 0) is 14.3 Å². The molecule has 0 radical (unpaired) electrons. The number of benzene rings is 2. The van der Waals surface area contributed by atoms with Crippen LogP contribution in [0.2, 0.25) is 0 Å². The lowest BCUT2D eigenvalue weighted by Crippen LogP contribution is -2.39. The monoisotopic (exact) mass is 518 g/mol. The van der Waals surface area contributed by atoms with Crippen molar-refractivity contribution in [2.45, 2.75) is 38.3 Å². The maximum Gasteiger partial charge on any atom is 0.255 e. The second-order valence-corrected chi connectivity index (χ2v) is 9.94. The van der Waals surface area contributed by atoms with E-state index >= 15 is 0 Å². The fourth-order valence-corrected chi connectivity index (χ4v) is 5.73. The third-order valence-corrected chi connectivity index (χ3v) is 7.47. The number of amides is 2. The van der Waals surface area contributed by atoms with Crippen LogP contribution in [-0.4, -0.2) is 48.2 Å². The number of ether oxygens (including phenoxy) is 2. The molecule has 5 rings (SSSR count). The summed E-state index contributed by atoms with van der Waals surface area (Å²) < 4.78 is 11.1. The fraction of sp³-hybridized carbons (Fsp3) is 0.321. The van der Waals surface area contributed by atoms with Gasteiger partial charge >= 0.3 is 0 Å². The number of carbonyl (C=O) groups excluding carboxylic acids is 2. The summed E-state index contributed by atoms with van der Waals surface area (Å²) >= 11 is 1.46. The standard InChI is InChI=1S/C28H30N4O4S/c1-18-25(27(34)31-20-9-4-3-5-10-20)26(19-8-6-11-22(14-19)35-2)32-21(17-37-28(32)30-18)15-24(33)29-16-23-12-7-13-36-23/h3-6,8-11,14,17,23,26H,7,12-13,15-16H2,1-2H3,(H,29,33)(H,31,34)/t23-,26-/m0/s1. The predicted octanol–water partition coefficient (Wildman–Crippen LogP) is 4.59. The van der Waals surface area contributed by atoms with Crippen LogP contribution in [0, 0.1) is 0 Å². The van der Waals surface area contributed by atoms with Gasteiger partial charge in [-0.05, 0) is 55.0 Å². The number of amidine groups is 1. The SMILES string of the molecule is COc1cccc([C@H]2C(C(=O)Nc3ccccc3)=C(C)N=C3SC=C(CC(=O)NC[C@@H]4CCCO4)N32)c1. The lowest BCUT2D eigenvalue weighted by molar-refractivity contribution is -0.121. The van der Waals surface area contributed by atoms with Crippen molar-refractivity contribution >= 4 is 34.4 Å². The first-order valence-electron chi connectivity index (χ1n) is 12.4. The van der Waals surface area contributed by atoms with Crippen molar-refractivity contribution in [1.82, 2.24) is 10.2 Å². The molecule has 3 aliphatic rings. The topological polar surface area (TPSA) is 92.3 Å². The van der Waals surface area contributed by atoms with E-state index in [1.165, 1.54) is 11.8 Å². The highest BCUT2D eigenvalue weighted by Crippen LogP contribution is 2.45. The molecule has 1 saturated heterocycles. The van der Waals surface area contributed by atoms with E-state index in [0.717, 1.165) is 35.9 Å². The number of hydrogen-bond donors (Lipinski definition) is 2. The Balaban J connectivity index is 1.44. The summed E-state index contributed by atoms with van der Waals surface area (Å²) in [5.74, 6) is 0.363. The van der Waals surface area contributed by atoms with Crippen LogP contribution >= 0.6 is 11.8 Å². The maximum atomic E-state index is 13.7. The zero-order valence-electron chi connectivity index (χ0n) is 20.9. The highest BCUT2D eigenvalue weighted by atomic mass is 32.2. The molecule has 2 aromatic carbocycles. The molecule has 2 aromatic rings. The molecular formula is C28H30N4O4S. The lowest BCUT2D eigenvalue weighted by atomic mass is 9.93. The molecule has 3 heterocycles. The minimum atomic E-state index is -0.474. The van der Waals surface area contributed by atoms with Gasteiger partial charge in [0.05, 0.1) is 36.9 Å². The number of anilines is 1. The van der Waals surface area contributed by atoms with E-state index in [9.17, 15) is 9.59 Å². The van der Waals surface area contributed by atoms with Crippen LogP contribution in [0.25, 0.3) is 0 Å². The van der Waals surface area contributed by atoms with Gasteiger partial charge in [-0.2, -0.15) is 0 Å². The van der Waals surface area contributed by atoms with Crippen LogP contribution < -0.4 is 15.4 Å². The van der Waals surface area contributed by atoms with E-state index in [1.807, 2.05) is 71.8 Å². The smallest absolute Gasteiger partial charge is 0.255 e. The highest BCUT2D eigenvalue weighted by molar-refractivity contribution is 8.16. The van der Waals surface area contributed by atoms with Gasteiger partial charge in [-0.3, -0.25) is 9.59 Å². The number of carbonyl (C=O) groups is 2. The molecule has 0 bridgehead atoms. The average Bonchev–Trinajstić information content (AvgIpc) is 3.57. The van der Waals surface area contributed by atoms with E-state index < -0.39 is 6.04 Å².